The molecule has 18 heavy (non-hydrogen) atoms. The zero-order valence-corrected chi connectivity index (χ0v) is 10.4. The number of rotatable bonds is 3. The van der Waals surface area contributed by atoms with Gasteiger partial charge in [0.2, 0.25) is 5.91 Å². The summed E-state index contributed by atoms with van der Waals surface area (Å²) in [7, 11) is 0. The van der Waals surface area contributed by atoms with E-state index in [2.05, 4.69) is 5.32 Å². The van der Waals surface area contributed by atoms with E-state index in [0.717, 1.165) is 17.9 Å². The average molecular weight is 245 g/mol. The van der Waals surface area contributed by atoms with Gasteiger partial charge in [0.05, 0.1) is 0 Å². The van der Waals surface area contributed by atoms with Gasteiger partial charge in [-0.1, -0.05) is 18.6 Å². The highest BCUT2D eigenvalue weighted by Crippen LogP contribution is 2.48. The maximum absolute atomic E-state index is 12.1. The summed E-state index contributed by atoms with van der Waals surface area (Å²) in [6, 6.07) is 6.99. The molecule has 0 heterocycles. The molecular formula is C15H19NO2. The van der Waals surface area contributed by atoms with Crippen molar-refractivity contribution >= 4 is 5.91 Å². The lowest BCUT2D eigenvalue weighted by atomic mass is 9.88. The van der Waals surface area contributed by atoms with Crippen molar-refractivity contribution in [1.82, 2.24) is 5.32 Å². The van der Waals surface area contributed by atoms with Crippen molar-refractivity contribution in [2.45, 2.75) is 32.2 Å². The third-order valence-corrected chi connectivity index (χ3v) is 4.48. The van der Waals surface area contributed by atoms with Gasteiger partial charge in [-0.2, -0.15) is 0 Å². The summed E-state index contributed by atoms with van der Waals surface area (Å²) in [5, 5.41) is 12.2. The quantitative estimate of drug-likeness (QED) is 0.859. The number of hydrogen-bond donors (Lipinski definition) is 2. The van der Waals surface area contributed by atoms with Gasteiger partial charge in [-0.25, -0.2) is 0 Å². The third-order valence-electron chi connectivity index (χ3n) is 4.48. The van der Waals surface area contributed by atoms with Crippen LogP contribution in [0.5, 0.6) is 5.75 Å². The van der Waals surface area contributed by atoms with Gasteiger partial charge in [-0.15, -0.1) is 0 Å². The molecule has 3 unspecified atom stereocenters. The van der Waals surface area contributed by atoms with Crippen LogP contribution < -0.4 is 5.32 Å². The van der Waals surface area contributed by atoms with Gasteiger partial charge < -0.3 is 10.4 Å². The van der Waals surface area contributed by atoms with E-state index in [9.17, 15) is 9.90 Å². The van der Waals surface area contributed by atoms with Crippen LogP contribution in [0.2, 0.25) is 0 Å². The second-order valence-electron chi connectivity index (χ2n) is 5.67. The van der Waals surface area contributed by atoms with Gasteiger partial charge in [0.25, 0.3) is 0 Å². The number of nitrogens with one attached hydrogen (secondary N) is 1. The first-order valence-electron chi connectivity index (χ1n) is 6.78. The molecular weight excluding hydrogens is 226 g/mol. The Labute approximate surface area is 107 Å². The van der Waals surface area contributed by atoms with E-state index in [4.69, 9.17) is 0 Å². The molecule has 2 aliphatic rings. The first-order valence-corrected chi connectivity index (χ1v) is 6.78. The molecule has 0 radical (unpaired) electrons. The minimum absolute atomic E-state index is 0.218. The average Bonchev–Trinajstić information content (AvgIpc) is 3.00. The van der Waals surface area contributed by atoms with Crippen molar-refractivity contribution in [1.29, 1.82) is 0 Å². The number of carbonyl (C=O) groups excluding carboxylic acids is 1. The van der Waals surface area contributed by atoms with E-state index in [0.29, 0.717) is 12.5 Å². The molecule has 2 fully saturated rings. The number of carbonyl (C=O) groups is 1. The first kappa shape index (κ1) is 11.6. The topological polar surface area (TPSA) is 49.3 Å². The summed E-state index contributed by atoms with van der Waals surface area (Å²) in [5.74, 6) is 2.17. The van der Waals surface area contributed by atoms with E-state index in [-0.39, 0.29) is 17.6 Å². The molecule has 2 saturated carbocycles. The Hall–Kier alpha value is -1.51. The summed E-state index contributed by atoms with van der Waals surface area (Å²) >= 11 is 0. The lowest BCUT2D eigenvalue weighted by Crippen LogP contribution is -2.33. The zero-order chi connectivity index (χ0) is 12.5. The lowest BCUT2D eigenvalue weighted by Gasteiger charge is -2.20. The monoisotopic (exact) mass is 245 g/mol. The van der Waals surface area contributed by atoms with Crippen LogP contribution >= 0.6 is 0 Å². The molecule has 0 saturated heterocycles. The lowest BCUT2D eigenvalue weighted by molar-refractivity contribution is -0.126. The van der Waals surface area contributed by atoms with Crippen molar-refractivity contribution in [3.63, 3.8) is 0 Å². The highest BCUT2D eigenvalue weighted by Gasteiger charge is 2.42. The van der Waals surface area contributed by atoms with Gasteiger partial charge in [0.15, 0.2) is 0 Å². The predicted molar refractivity (Wildman–Crippen MR) is 68.9 cm³/mol. The zero-order valence-electron chi connectivity index (χ0n) is 10.4. The minimum atomic E-state index is 0.218. The molecule has 0 aromatic heterocycles. The molecule has 0 aliphatic heterocycles. The van der Waals surface area contributed by atoms with Gasteiger partial charge in [-0.05, 0) is 48.8 Å². The molecule has 2 bridgehead atoms. The van der Waals surface area contributed by atoms with Crippen molar-refractivity contribution < 1.29 is 9.90 Å². The Kier molecular flexibility index (Phi) is 2.98. The molecule has 2 N–H and O–H groups in total. The van der Waals surface area contributed by atoms with Crippen molar-refractivity contribution in [3.8, 4) is 5.75 Å². The minimum Gasteiger partial charge on any atom is -0.508 e. The highest BCUT2D eigenvalue weighted by molar-refractivity contribution is 5.79. The molecule has 3 atom stereocenters. The molecule has 1 aromatic carbocycles. The van der Waals surface area contributed by atoms with Gasteiger partial charge in [0.1, 0.15) is 5.75 Å². The van der Waals surface area contributed by atoms with E-state index < -0.39 is 0 Å². The predicted octanol–water partition coefficient (Wildman–Crippen LogP) is 2.44. The number of phenolic OH excluding ortho intramolecular Hbond substituents is 1. The van der Waals surface area contributed by atoms with Crippen LogP contribution in [-0.4, -0.2) is 11.0 Å². The van der Waals surface area contributed by atoms with Crippen LogP contribution in [0, 0.1) is 17.8 Å². The van der Waals surface area contributed by atoms with Crippen LogP contribution in [0.3, 0.4) is 0 Å². The highest BCUT2D eigenvalue weighted by atomic mass is 16.3. The smallest absolute Gasteiger partial charge is 0.223 e. The fourth-order valence-corrected chi connectivity index (χ4v) is 3.50. The molecule has 3 heteroatoms. The summed E-state index contributed by atoms with van der Waals surface area (Å²) in [4.78, 5) is 12.1. The number of phenols is 1. The fraction of sp³-hybridized carbons (Fsp3) is 0.533. The number of benzene rings is 1. The van der Waals surface area contributed by atoms with E-state index >= 15 is 0 Å². The van der Waals surface area contributed by atoms with E-state index in [1.165, 1.54) is 19.3 Å². The molecule has 2 aliphatic carbocycles. The standard InChI is InChI=1S/C15H19NO2/c17-13-5-2-10(3-6-13)9-16-15(18)14-8-11-1-4-12(14)7-11/h2-3,5-6,11-12,14,17H,1,4,7-9H2,(H,16,18). The van der Waals surface area contributed by atoms with Crippen molar-refractivity contribution in [2.75, 3.05) is 0 Å². The Balaban J connectivity index is 1.54. The molecule has 1 amide bonds. The van der Waals surface area contributed by atoms with Crippen LogP contribution in [-0.2, 0) is 11.3 Å². The Bertz CT molecular complexity index is 440. The largest absolute Gasteiger partial charge is 0.508 e. The number of aromatic hydroxyl groups is 1. The SMILES string of the molecule is O=C(NCc1ccc(O)cc1)C1CC2CCC1C2. The summed E-state index contributed by atoms with van der Waals surface area (Å²) < 4.78 is 0. The number of hydrogen-bond acceptors (Lipinski definition) is 2. The Morgan fingerprint density at radius 3 is 2.61 bits per heavy atom. The van der Waals surface area contributed by atoms with Crippen LogP contribution in [0.1, 0.15) is 31.2 Å². The second kappa shape index (κ2) is 4.63. The number of fused-ring (bicyclic) bond motifs is 2. The van der Waals surface area contributed by atoms with E-state index in [1.807, 2.05) is 12.1 Å². The second-order valence-corrected chi connectivity index (χ2v) is 5.67. The summed E-state index contributed by atoms with van der Waals surface area (Å²) in [6.45, 7) is 0.562. The molecule has 96 valence electrons. The Morgan fingerprint density at radius 2 is 2.00 bits per heavy atom. The molecule has 0 spiro atoms. The normalized spacial score (nSPS) is 29.4. The summed E-state index contributed by atoms with van der Waals surface area (Å²) in [5.41, 5.74) is 1.03. The molecule has 3 rings (SSSR count). The molecule has 3 nitrogen and oxygen atoms in total. The first-order chi connectivity index (χ1) is 8.72. The molecule has 1 aromatic rings. The number of amides is 1. The maximum Gasteiger partial charge on any atom is 0.223 e. The fourth-order valence-electron chi connectivity index (χ4n) is 3.50. The van der Waals surface area contributed by atoms with Gasteiger partial charge >= 0.3 is 0 Å². The third kappa shape index (κ3) is 2.22. The van der Waals surface area contributed by atoms with Crippen molar-refractivity contribution in [3.05, 3.63) is 29.8 Å². The van der Waals surface area contributed by atoms with Gasteiger partial charge in [0, 0.05) is 12.5 Å². The maximum atomic E-state index is 12.1. The Morgan fingerprint density at radius 1 is 1.22 bits per heavy atom. The van der Waals surface area contributed by atoms with Gasteiger partial charge in [-0.3, -0.25) is 4.79 Å². The van der Waals surface area contributed by atoms with Crippen LogP contribution in [0.4, 0.5) is 0 Å². The van der Waals surface area contributed by atoms with E-state index in [1.54, 1.807) is 12.1 Å². The summed E-state index contributed by atoms with van der Waals surface area (Å²) in [6.07, 6.45) is 4.91. The van der Waals surface area contributed by atoms with Crippen LogP contribution in [0.15, 0.2) is 24.3 Å². The van der Waals surface area contributed by atoms with Crippen LogP contribution in [0.25, 0.3) is 0 Å². The van der Waals surface area contributed by atoms with Crippen molar-refractivity contribution in [2.24, 2.45) is 17.8 Å².